The number of hydrogen-bond donors (Lipinski definition) is 1. The van der Waals surface area contributed by atoms with E-state index < -0.39 is 0 Å². The summed E-state index contributed by atoms with van der Waals surface area (Å²) in [6.45, 7) is 0.636. The fraction of sp³-hybridized carbons (Fsp3) is 0.667. The maximum Gasteiger partial charge on any atom is 0.224 e. The third-order valence-corrected chi connectivity index (χ3v) is 1.64. The van der Waals surface area contributed by atoms with Gasteiger partial charge in [-0.1, -0.05) is 0 Å². The molecule has 0 aromatic heterocycles. The first-order valence-electron chi connectivity index (χ1n) is 3.17. The van der Waals surface area contributed by atoms with Gasteiger partial charge in [0.1, 0.15) is 0 Å². The molecule has 1 atom stereocenters. The lowest BCUT2D eigenvalue weighted by atomic mass is 10.3. The Morgan fingerprint density at radius 1 is 1.80 bits per heavy atom. The van der Waals surface area contributed by atoms with Crippen molar-refractivity contribution in [1.82, 2.24) is 10.2 Å². The molecule has 0 spiro atoms. The zero-order valence-electron chi connectivity index (χ0n) is 5.83. The minimum absolute atomic E-state index is 0.0231. The summed E-state index contributed by atoms with van der Waals surface area (Å²) in [7, 11) is 1.73. The van der Waals surface area contributed by atoms with E-state index in [1.54, 1.807) is 11.9 Å². The highest BCUT2D eigenvalue weighted by molar-refractivity contribution is 5.79. The molecular formula is C6H10N2O2. The summed E-state index contributed by atoms with van der Waals surface area (Å²) < 4.78 is 0. The van der Waals surface area contributed by atoms with Crippen molar-refractivity contribution in [3.63, 3.8) is 0 Å². The molecule has 0 aliphatic carbocycles. The lowest BCUT2D eigenvalue weighted by molar-refractivity contribution is -0.126. The molecule has 0 saturated carbocycles. The van der Waals surface area contributed by atoms with Crippen LogP contribution < -0.4 is 5.32 Å². The molecule has 1 heterocycles. The first kappa shape index (κ1) is 7.05. The van der Waals surface area contributed by atoms with Gasteiger partial charge in [0.05, 0.1) is 6.04 Å². The highest BCUT2D eigenvalue weighted by atomic mass is 16.2. The number of rotatable bonds is 2. The first-order chi connectivity index (χ1) is 4.74. The summed E-state index contributed by atoms with van der Waals surface area (Å²) in [6.07, 6.45) is 1.08. The van der Waals surface area contributed by atoms with E-state index in [4.69, 9.17) is 0 Å². The van der Waals surface area contributed by atoms with E-state index in [9.17, 15) is 9.59 Å². The molecule has 10 heavy (non-hydrogen) atoms. The van der Waals surface area contributed by atoms with Gasteiger partial charge in [0.25, 0.3) is 0 Å². The highest BCUT2D eigenvalue weighted by Crippen LogP contribution is 2.06. The molecule has 56 valence electrons. The molecule has 0 aromatic rings. The molecule has 1 saturated heterocycles. The SMILES string of the molecule is CN1C[C@H](NC=O)CC1=O. The summed E-state index contributed by atoms with van der Waals surface area (Å²) in [5.41, 5.74) is 0. The molecular weight excluding hydrogens is 132 g/mol. The van der Waals surface area contributed by atoms with Crippen LogP contribution in [0.4, 0.5) is 0 Å². The van der Waals surface area contributed by atoms with Crippen molar-refractivity contribution in [3.05, 3.63) is 0 Å². The standard InChI is InChI=1S/C6H10N2O2/c1-8-3-5(7-4-9)2-6(8)10/h4-5H,2-3H2,1H3,(H,7,9)/t5-/m1/s1. The molecule has 0 unspecified atom stereocenters. The van der Waals surface area contributed by atoms with Gasteiger partial charge in [-0.25, -0.2) is 0 Å². The number of nitrogens with zero attached hydrogens (tertiary/aromatic N) is 1. The molecule has 2 amide bonds. The molecule has 0 aromatic carbocycles. The molecule has 4 heteroatoms. The Morgan fingerprint density at radius 2 is 2.50 bits per heavy atom. The van der Waals surface area contributed by atoms with Crippen molar-refractivity contribution in [2.24, 2.45) is 0 Å². The fourth-order valence-corrected chi connectivity index (χ4v) is 1.07. The van der Waals surface area contributed by atoms with Crippen LogP contribution >= 0.6 is 0 Å². The van der Waals surface area contributed by atoms with Crippen LogP contribution in [0.5, 0.6) is 0 Å². The van der Waals surface area contributed by atoms with Crippen LogP contribution in [0.2, 0.25) is 0 Å². The number of carbonyl (C=O) groups is 2. The van der Waals surface area contributed by atoms with Crippen LogP contribution in [-0.4, -0.2) is 36.9 Å². The lowest BCUT2D eigenvalue weighted by Crippen LogP contribution is -2.30. The predicted molar refractivity (Wildman–Crippen MR) is 35.2 cm³/mol. The van der Waals surface area contributed by atoms with Crippen LogP contribution in [0.25, 0.3) is 0 Å². The molecule has 1 N–H and O–H groups in total. The Morgan fingerprint density at radius 3 is 2.90 bits per heavy atom. The van der Waals surface area contributed by atoms with E-state index in [0.29, 0.717) is 19.4 Å². The molecule has 4 nitrogen and oxygen atoms in total. The topological polar surface area (TPSA) is 49.4 Å². The van der Waals surface area contributed by atoms with Crippen LogP contribution in [0, 0.1) is 0 Å². The zero-order valence-corrected chi connectivity index (χ0v) is 5.83. The predicted octanol–water partition coefficient (Wildman–Crippen LogP) is -1.04. The lowest BCUT2D eigenvalue weighted by Gasteiger charge is -2.07. The number of nitrogens with one attached hydrogen (secondary N) is 1. The van der Waals surface area contributed by atoms with Gasteiger partial charge in [-0.3, -0.25) is 9.59 Å². The van der Waals surface area contributed by atoms with Crippen LogP contribution in [-0.2, 0) is 9.59 Å². The van der Waals surface area contributed by atoms with Gasteiger partial charge >= 0.3 is 0 Å². The molecule has 1 fully saturated rings. The summed E-state index contributed by atoms with van der Waals surface area (Å²) in [4.78, 5) is 22.4. The monoisotopic (exact) mass is 142 g/mol. The number of hydrogen-bond acceptors (Lipinski definition) is 2. The quantitative estimate of drug-likeness (QED) is 0.501. The minimum Gasteiger partial charge on any atom is -0.354 e. The van der Waals surface area contributed by atoms with Gasteiger partial charge < -0.3 is 10.2 Å². The summed E-state index contributed by atoms with van der Waals surface area (Å²) in [5, 5.41) is 2.56. The number of carbonyl (C=O) groups excluding carboxylic acids is 2. The van der Waals surface area contributed by atoms with E-state index in [2.05, 4.69) is 5.32 Å². The van der Waals surface area contributed by atoms with Gasteiger partial charge in [0.15, 0.2) is 0 Å². The third-order valence-electron chi connectivity index (χ3n) is 1.64. The zero-order chi connectivity index (χ0) is 7.56. The van der Waals surface area contributed by atoms with Gasteiger partial charge in [0, 0.05) is 20.0 Å². The molecule has 0 radical (unpaired) electrons. The molecule has 1 aliphatic rings. The van der Waals surface area contributed by atoms with Gasteiger partial charge in [-0.15, -0.1) is 0 Å². The van der Waals surface area contributed by atoms with Crippen molar-refractivity contribution in [1.29, 1.82) is 0 Å². The van der Waals surface area contributed by atoms with E-state index in [-0.39, 0.29) is 11.9 Å². The van der Waals surface area contributed by atoms with Crippen LogP contribution in [0.15, 0.2) is 0 Å². The number of likely N-dealkylation sites (tertiary alicyclic amines) is 1. The normalized spacial score (nSPS) is 25.1. The van der Waals surface area contributed by atoms with Crippen LogP contribution in [0.1, 0.15) is 6.42 Å². The molecule has 1 aliphatic heterocycles. The van der Waals surface area contributed by atoms with Crippen molar-refractivity contribution in [3.8, 4) is 0 Å². The van der Waals surface area contributed by atoms with Crippen molar-refractivity contribution in [2.45, 2.75) is 12.5 Å². The third kappa shape index (κ3) is 1.26. The van der Waals surface area contributed by atoms with Gasteiger partial charge in [-0.2, -0.15) is 0 Å². The summed E-state index contributed by atoms with van der Waals surface area (Å²) >= 11 is 0. The summed E-state index contributed by atoms with van der Waals surface area (Å²) in [6, 6.07) is 0.0231. The molecule has 0 bridgehead atoms. The highest BCUT2D eigenvalue weighted by Gasteiger charge is 2.25. The van der Waals surface area contributed by atoms with E-state index in [0.717, 1.165) is 0 Å². The van der Waals surface area contributed by atoms with E-state index in [1.165, 1.54) is 0 Å². The Labute approximate surface area is 59.2 Å². The fourth-order valence-electron chi connectivity index (χ4n) is 1.07. The Balaban J connectivity index is 2.41. The molecule has 1 rings (SSSR count). The largest absolute Gasteiger partial charge is 0.354 e. The van der Waals surface area contributed by atoms with E-state index in [1.807, 2.05) is 0 Å². The Bertz CT molecular complexity index is 158. The number of amides is 2. The summed E-state index contributed by atoms with van der Waals surface area (Å²) in [5.74, 6) is 0.0966. The Hall–Kier alpha value is -1.06. The first-order valence-corrected chi connectivity index (χ1v) is 3.17. The minimum atomic E-state index is 0.0231. The average Bonchev–Trinajstić information content (AvgIpc) is 2.14. The maximum atomic E-state index is 10.8. The van der Waals surface area contributed by atoms with Gasteiger partial charge in [0.2, 0.25) is 12.3 Å². The van der Waals surface area contributed by atoms with E-state index >= 15 is 0 Å². The van der Waals surface area contributed by atoms with Crippen molar-refractivity contribution in [2.75, 3.05) is 13.6 Å². The average molecular weight is 142 g/mol. The van der Waals surface area contributed by atoms with Crippen LogP contribution in [0.3, 0.4) is 0 Å². The second kappa shape index (κ2) is 2.68. The smallest absolute Gasteiger partial charge is 0.224 e. The Kier molecular flexibility index (Phi) is 1.89. The second-order valence-corrected chi connectivity index (χ2v) is 2.46. The van der Waals surface area contributed by atoms with Crippen molar-refractivity contribution >= 4 is 12.3 Å². The van der Waals surface area contributed by atoms with Crippen molar-refractivity contribution < 1.29 is 9.59 Å². The number of likely N-dealkylation sites (N-methyl/N-ethyl adjacent to an activating group) is 1. The van der Waals surface area contributed by atoms with Gasteiger partial charge in [-0.05, 0) is 0 Å². The second-order valence-electron chi connectivity index (χ2n) is 2.46. The maximum absolute atomic E-state index is 10.8.